The van der Waals surface area contributed by atoms with E-state index < -0.39 is 0 Å². The van der Waals surface area contributed by atoms with Crippen LogP contribution in [-0.4, -0.2) is 40.3 Å². The molecule has 1 aromatic carbocycles. The van der Waals surface area contributed by atoms with Crippen molar-refractivity contribution in [2.24, 2.45) is 18.0 Å². The fourth-order valence-corrected chi connectivity index (χ4v) is 4.16. The van der Waals surface area contributed by atoms with Crippen LogP contribution in [0.4, 0.5) is 0 Å². The Morgan fingerprint density at radius 2 is 1.96 bits per heavy atom. The van der Waals surface area contributed by atoms with E-state index in [2.05, 4.69) is 73.3 Å². The molecule has 0 saturated carbocycles. The molecule has 0 spiro atoms. The summed E-state index contributed by atoms with van der Waals surface area (Å²) in [5.41, 5.74) is 4.97. The number of halogens is 1. The lowest BCUT2D eigenvalue weighted by atomic mass is 9.82. The standard InChI is InChI=1S/C22H33N5.HI/c1-6-23-22(24-14-21-17(3)25-26(5)18(21)4)27-13-12-20(16(2)15-27)19-10-8-7-9-11-19;/h7-11,16,20H,6,12-15H2,1-5H3,(H,23,24);1H. The van der Waals surface area contributed by atoms with Crippen molar-refractivity contribution in [3.63, 3.8) is 0 Å². The van der Waals surface area contributed by atoms with Gasteiger partial charge in [0.05, 0.1) is 12.2 Å². The molecule has 1 aliphatic heterocycles. The smallest absolute Gasteiger partial charge is 0.194 e. The second-order valence-electron chi connectivity index (χ2n) is 7.67. The monoisotopic (exact) mass is 495 g/mol. The highest BCUT2D eigenvalue weighted by molar-refractivity contribution is 14.0. The number of guanidine groups is 1. The molecule has 154 valence electrons. The highest BCUT2D eigenvalue weighted by Crippen LogP contribution is 2.32. The Hall–Kier alpha value is -1.57. The molecule has 2 unspecified atom stereocenters. The van der Waals surface area contributed by atoms with Crippen molar-refractivity contribution in [2.75, 3.05) is 19.6 Å². The van der Waals surface area contributed by atoms with Crippen LogP contribution in [0.2, 0.25) is 0 Å². The Balaban J connectivity index is 0.00000280. The predicted molar refractivity (Wildman–Crippen MR) is 127 cm³/mol. The third-order valence-corrected chi connectivity index (χ3v) is 5.81. The van der Waals surface area contributed by atoms with E-state index in [1.165, 1.54) is 23.2 Å². The second kappa shape index (κ2) is 10.3. The summed E-state index contributed by atoms with van der Waals surface area (Å²) in [4.78, 5) is 7.38. The molecule has 1 fully saturated rings. The van der Waals surface area contributed by atoms with Crippen molar-refractivity contribution in [1.29, 1.82) is 0 Å². The van der Waals surface area contributed by atoms with Gasteiger partial charge in [-0.1, -0.05) is 37.3 Å². The number of nitrogens with zero attached hydrogens (tertiary/aromatic N) is 4. The molecule has 5 nitrogen and oxygen atoms in total. The third kappa shape index (κ3) is 5.07. The lowest BCUT2D eigenvalue weighted by molar-refractivity contribution is 0.234. The van der Waals surface area contributed by atoms with Gasteiger partial charge in [-0.05, 0) is 44.6 Å². The number of rotatable bonds is 4. The summed E-state index contributed by atoms with van der Waals surface area (Å²) in [6.45, 7) is 12.3. The van der Waals surface area contributed by atoms with Gasteiger partial charge in [0.2, 0.25) is 0 Å². The van der Waals surface area contributed by atoms with Gasteiger partial charge in [-0.2, -0.15) is 5.10 Å². The van der Waals surface area contributed by atoms with Crippen LogP contribution in [0.15, 0.2) is 35.3 Å². The zero-order valence-electron chi connectivity index (χ0n) is 17.8. The van der Waals surface area contributed by atoms with Crippen LogP contribution < -0.4 is 5.32 Å². The molecule has 1 aliphatic rings. The van der Waals surface area contributed by atoms with Gasteiger partial charge in [0.25, 0.3) is 0 Å². The number of hydrogen-bond acceptors (Lipinski definition) is 2. The molecule has 1 N–H and O–H groups in total. The average Bonchev–Trinajstić information content (AvgIpc) is 2.91. The SMILES string of the molecule is CCNC(=NCc1c(C)nn(C)c1C)N1CCC(c2ccccc2)C(C)C1.I. The molecule has 0 bridgehead atoms. The molecule has 6 heteroatoms. The number of benzene rings is 1. The van der Waals surface area contributed by atoms with Crippen LogP contribution in [0.3, 0.4) is 0 Å². The summed E-state index contributed by atoms with van der Waals surface area (Å²) < 4.78 is 1.94. The summed E-state index contributed by atoms with van der Waals surface area (Å²) in [7, 11) is 2.00. The summed E-state index contributed by atoms with van der Waals surface area (Å²) in [6.07, 6.45) is 1.17. The van der Waals surface area contributed by atoms with Crippen molar-refractivity contribution in [3.8, 4) is 0 Å². The molecule has 0 aliphatic carbocycles. The van der Waals surface area contributed by atoms with Gasteiger partial charge >= 0.3 is 0 Å². The molecular weight excluding hydrogens is 461 g/mol. The van der Waals surface area contributed by atoms with Crippen molar-refractivity contribution >= 4 is 29.9 Å². The number of aromatic nitrogens is 2. The van der Waals surface area contributed by atoms with Crippen LogP contribution in [0.25, 0.3) is 0 Å². The minimum atomic E-state index is 0. The number of likely N-dealkylation sites (tertiary alicyclic amines) is 1. The topological polar surface area (TPSA) is 45.5 Å². The van der Waals surface area contributed by atoms with E-state index in [0.29, 0.717) is 18.4 Å². The van der Waals surface area contributed by atoms with Gasteiger partial charge < -0.3 is 10.2 Å². The maximum atomic E-state index is 4.95. The first-order chi connectivity index (χ1) is 13.0. The lowest BCUT2D eigenvalue weighted by Gasteiger charge is -2.39. The Kier molecular flexibility index (Phi) is 8.34. The highest BCUT2D eigenvalue weighted by atomic mass is 127. The molecule has 1 aromatic heterocycles. The first-order valence-corrected chi connectivity index (χ1v) is 10.1. The summed E-state index contributed by atoms with van der Waals surface area (Å²) in [5.74, 6) is 2.26. The number of nitrogens with one attached hydrogen (secondary N) is 1. The van der Waals surface area contributed by atoms with Crippen molar-refractivity contribution in [1.82, 2.24) is 20.0 Å². The molecule has 1 saturated heterocycles. The van der Waals surface area contributed by atoms with Gasteiger partial charge in [0, 0.05) is 37.9 Å². The number of aryl methyl sites for hydroxylation is 2. The van der Waals surface area contributed by atoms with Gasteiger partial charge in [0.1, 0.15) is 0 Å². The Labute approximate surface area is 186 Å². The van der Waals surface area contributed by atoms with Crippen molar-refractivity contribution < 1.29 is 0 Å². The van der Waals surface area contributed by atoms with Crippen molar-refractivity contribution in [2.45, 2.75) is 46.6 Å². The van der Waals surface area contributed by atoms with Gasteiger partial charge in [-0.15, -0.1) is 24.0 Å². The zero-order chi connectivity index (χ0) is 19.4. The molecule has 3 rings (SSSR count). The van der Waals surface area contributed by atoms with Crippen LogP contribution in [0.1, 0.15) is 48.7 Å². The van der Waals surface area contributed by atoms with Gasteiger partial charge in [-0.25, -0.2) is 4.99 Å². The summed E-state index contributed by atoms with van der Waals surface area (Å²) in [6, 6.07) is 10.9. The minimum absolute atomic E-state index is 0. The minimum Gasteiger partial charge on any atom is -0.357 e. The zero-order valence-corrected chi connectivity index (χ0v) is 20.1. The van der Waals surface area contributed by atoms with Gasteiger partial charge in [0.15, 0.2) is 5.96 Å². The van der Waals surface area contributed by atoms with Crippen LogP contribution in [0.5, 0.6) is 0 Å². The molecule has 2 atom stereocenters. The molecule has 2 heterocycles. The summed E-state index contributed by atoms with van der Waals surface area (Å²) in [5, 5.41) is 8.01. The first kappa shape index (κ1) is 22.7. The molecule has 0 amide bonds. The Morgan fingerprint density at radius 3 is 2.54 bits per heavy atom. The number of aliphatic imine (C=N–C) groups is 1. The Bertz CT molecular complexity index is 784. The van der Waals surface area contributed by atoms with E-state index in [9.17, 15) is 0 Å². The van der Waals surface area contributed by atoms with E-state index in [0.717, 1.165) is 31.3 Å². The van der Waals surface area contributed by atoms with E-state index in [1.807, 2.05) is 11.7 Å². The quantitative estimate of drug-likeness (QED) is 0.392. The maximum Gasteiger partial charge on any atom is 0.194 e. The van der Waals surface area contributed by atoms with Crippen LogP contribution in [0, 0.1) is 19.8 Å². The Morgan fingerprint density at radius 1 is 1.25 bits per heavy atom. The average molecular weight is 495 g/mol. The molecular formula is C22H34IN5. The third-order valence-electron chi connectivity index (χ3n) is 5.81. The number of piperidine rings is 1. The fraction of sp³-hybridized carbons (Fsp3) is 0.545. The maximum absolute atomic E-state index is 4.95. The molecule has 28 heavy (non-hydrogen) atoms. The largest absolute Gasteiger partial charge is 0.357 e. The van der Waals surface area contributed by atoms with E-state index in [4.69, 9.17) is 4.99 Å². The predicted octanol–water partition coefficient (Wildman–Crippen LogP) is 4.25. The highest BCUT2D eigenvalue weighted by Gasteiger charge is 2.28. The van der Waals surface area contributed by atoms with Crippen LogP contribution in [-0.2, 0) is 13.6 Å². The molecule has 0 radical (unpaired) electrons. The van der Waals surface area contributed by atoms with Crippen LogP contribution >= 0.6 is 24.0 Å². The summed E-state index contributed by atoms with van der Waals surface area (Å²) >= 11 is 0. The normalized spacial score (nSPS) is 20.0. The van der Waals surface area contributed by atoms with Crippen molar-refractivity contribution in [3.05, 3.63) is 52.8 Å². The van der Waals surface area contributed by atoms with E-state index in [-0.39, 0.29) is 24.0 Å². The second-order valence-corrected chi connectivity index (χ2v) is 7.67. The van der Waals surface area contributed by atoms with E-state index in [1.54, 1.807) is 0 Å². The fourth-order valence-electron chi connectivity index (χ4n) is 4.16. The first-order valence-electron chi connectivity index (χ1n) is 10.1. The lowest BCUT2D eigenvalue weighted by Crippen LogP contribution is -2.48. The molecule has 2 aromatic rings. The number of hydrogen-bond donors (Lipinski definition) is 1. The van der Waals surface area contributed by atoms with E-state index >= 15 is 0 Å². The van der Waals surface area contributed by atoms with Gasteiger partial charge in [-0.3, -0.25) is 4.68 Å².